The van der Waals surface area contributed by atoms with E-state index in [9.17, 15) is 9.59 Å². The summed E-state index contributed by atoms with van der Waals surface area (Å²) in [5, 5.41) is 9.89. The van der Waals surface area contributed by atoms with Gasteiger partial charge in [0.1, 0.15) is 0 Å². The van der Waals surface area contributed by atoms with Crippen molar-refractivity contribution in [3.63, 3.8) is 0 Å². The third kappa shape index (κ3) is 4.67. The predicted octanol–water partition coefficient (Wildman–Crippen LogP) is 1.97. The van der Waals surface area contributed by atoms with E-state index in [0.717, 1.165) is 5.56 Å². The highest BCUT2D eigenvalue weighted by Gasteiger charge is 2.08. The van der Waals surface area contributed by atoms with Gasteiger partial charge in [0, 0.05) is 35.7 Å². The predicted molar refractivity (Wildman–Crippen MR) is 97.0 cm³/mol. The lowest BCUT2D eigenvalue weighted by Crippen LogP contribution is -2.36. The number of carbonyl (C=O) groups excluding carboxylic acids is 2. The van der Waals surface area contributed by atoms with Crippen LogP contribution in [0.5, 0.6) is 0 Å². The Kier molecular flexibility index (Phi) is 5.60. The minimum Gasteiger partial charge on any atom is -0.350 e. The van der Waals surface area contributed by atoms with Crippen molar-refractivity contribution >= 4 is 23.4 Å². The molecule has 2 heterocycles. The fourth-order valence-electron chi connectivity index (χ4n) is 2.26. The number of nitrogens with one attached hydrogen (secondary N) is 2. The molecular weight excluding hydrogens is 354 g/mol. The maximum atomic E-state index is 12.0. The Morgan fingerprint density at radius 2 is 1.96 bits per heavy atom. The normalized spacial score (nSPS) is 10.3. The van der Waals surface area contributed by atoms with Gasteiger partial charge in [-0.05, 0) is 42.0 Å². The second-order valence-corrected chi connectivity index (χ2v) is 5.88. The lowest BCUT2D eigenvalue weighted by molar-refractivity contribution is -0.120. The molecule has 2 amide bonds. The Balaban J connectivity index is 1.50. The third-order valence-electron chi connectivity index (χ3n) is 3.54. The van der Waals surface area contributed by atoms with Crippen LogP contribution in [-0.2, 0) is 11.3 Å². The smallest absolute Gasteiger partial charge is 0.251 e. The van der Waals surface area contributed by atoms with Gasteiger partial charge in [-0.15, -0.1) is 0 Å². The first-order chi connectivity index (χ1) is 12.6. The van der Waals surface area contributed by atoms with Crippen LogP contribution >= 0.6 is 11.6 Å². The van der Waals surface area contributed by atoms with Crippen LogP contribution in [0.4, 0.5) is 0 Å². The molecule has 0 unspecified atom stereocenters. The fraction of sp³-hybridized carbons (Fsp3) is 0.111. The molecule has 2 N–H and O–H groups in total. The zero-order valence-electron chi connectivity index (χ0n) is 13.7. The molecule has 3 aromatic rings. The van der Waals surface area contributed by atoms with Crippen LogP contribution in [0.3, 0.4) is 0 Å². The number of aromatic nitrogens is 3. The standard InChI is InChI=1S/C18H16ClN5O2/c19-15-4-1-3-14(10-15)18(26)22-12-17(25)21-11-13-5-7-20-16(9-13)24-8-2-6-23-24/h1-10H,11-12H2,(H,21,25)(H,22,26). The second kappa shape index (κ2) is 8.26. The first-order valence-corrected chi connectivity index (χ1v) is 8.25. The molecule has 0 spiro atoms. The maximum Gasteiger partial charge on any atom is 0.251 e. The Labute approximate surface area is 155 Å². The van der Waals surface area contributed by atoms with Crippen molar-refractivity contribution in [2.75, 3.05) is 6.54 Å². The van der Waals surface area contributed by atoms with Gasteiger partial charge in [0.2, 0.25) is 5.91 Å². The SMILES string of the molecule is O=C(CNC(=O)c1cccc(Cl)c1)NCc1ccnc(-n2cccn2)c1. The molecule has 8 heteroatoms. The molecule has 0 radical (unpaired) electrons. The van der Waals surface area contributed by atoms with E-state index >= 15 is 0 Å². The van der Waals surface area contributed by atoms with Crippen LogP contribution in [0, 0.1) is 0 Å². The van der Waals surface area contributed by atoms with Crippen molar-refractivity contribution < 1.29 is 9.59 Å². The quantitative estimate of drug-likeness (QED) is 0.695. The molecule has 132 valence electrons. The van der Waals surface area contributed by atoms with E-state index in [1.165, 1.54) is 0 Å². The van der Waals surface area contributed by atoms with Gasteiger partial charge in [0.05, 0.1) is 6.54 Å². The number of carbonyl (C=O) groups is 2. The average molecular weight is 370 g/mol. The van der Waals surface area contributed by atoms with Gasteiger partial charge < -0.3 is 10.6 Å². The number of benzene rings is 1. The lowest BCUT2D eigenvalue weighted by Gasteiger charge is -2.08. The van der Waals surface area contributed by atoms with Crippen LogP contribution in [0.1, 0.15) is 15.9 Å². The monoisotopic (exact) mass is 369 g/mol. The zero-order valence-corrected chi connectivity index (χ0v) is 14.5. The highest BCUT2D eigenvalue weighted by Crippen LogP contribution is 2.10. The Morgan fingerprint density at radius 3 is 2.73 bits per heavy atom. The van der Waals surface area contributed by atoms with Gasteiger partial charge in [-0.1, -0.05) is 17.7 Å². The van der Waals surface area contributed by atoms with Crippen LogP contribution in [0.2, 0.25) is 5.02 Å². The van der Waals surface area contributed by atoms with E-state index in [1.807, 2.05) is 6.07 Å². The number of pyridine rings is 1. The summed E-state index contributed by atoms with van der Waals surface area (Å²) in [6.45, 7) is 0.200. The van der Waals surface area contributed by atoms with Crippen LogP contribution < -0.4 is 10.6 Å². The number of amides is 2. The summed E-state index contributed by atoms with van der Waals surface area (Å²) in [4.78, 5) is 28.2. The van der Waals surface area contributed by atoms with Crippen LogP contribution in [0.25, 0.3) is 5.82 Å². The maximum absolute atomic E-state index is 12.0. The molecule has 0 saturated carbocycles. The summed E-state index contributed by atoms with van der Waals surface area (Å²) < 4.78 is 1.64. The van der Waals surface area contributed by atoms with Crippen LogP contribution in [0.15, 0.2) is 61.1 Å². The summed E-state index contributed by atoms with van der Waals surface area (Å²) in [5.74, 6) is 0.0152. The molecule has 0 aliphatic carbocycles. The topological polar surface area (TPSA) is 88.9 Å². The number of hydrogen-bond acceptors (Lipinski definition) is 4. The Hall–Kier alpha value is -3.19. The number of halogens is 1. The van der Waals surface area contributed by atoms with E-state index in [2.05, 4.69) is 20.7 Å². The molecule has 0 atom stereocenters. The van der Waals surface area contributed by atoms with E-state index < -0.39 is 0 Å². The molecule has 0 fully saturated rings. The van der Waals surface area contributed by atoms with Gasteiger partial charge in [0.25, 0.3) is 5.91 Å². The third-order valence-corrected chi connectivity index (χ3v) is 3.77. The largest absolute Gasteiger partial charge is 0.350 e. The molecule has 0 bridgehead atoms. The highest BCUT2D eigenvalue weighted by atomic mass is 35.5. The molecule has 3 rings (SSSR count). The van der Waals surface area contributed by atoms with E-state index in [1.54, 1.807) is 59.7 Å². The average Bonchev–Trinajstić information content (AvgIpc) is 3.19. The molecule has 0 aliphatic rings. The summed E-state index contributed by atoms with van der Waals surface area (Å²) in [6.07, 6.45) is 5.11. The molecule has 26 heavy (non-hydrogen) atoms. The van der Waals surface area contributed by atoms with Gasteiger partial charge in [-0.25, -0.2) is 9.67 Å². The molecule has 7 nitrogen and oxygen atoms in total. The van der Waals surface area contributed by atoms with Crippen molar-refractivity contribution in [1.29, 1.82) is 0 Å². The number of nitrogens with zero attached hydrogens (tertiary/aromatic N) is 3. The van der Waals surface area contributed by atoms with Crippen molar-refractivity contribution in [1.82, 2.24) is 25.4 Å². The van der Waals surface area contributed by atoms with Gasteiger partial charge in [-0.2, -0.15) is 5.10 Å². The molecule has 0 aliphatic heterocycles. The summed E-state index contributed by atoms with van der Waals surface area (Å²) in [5.41, 5.74) is 1.28. The van der Waals surface area contributed by atoms with Gasteiger partial charge in [-0.3, -0.25) is 9.59 Å². The van der Waals surface area contributed by atoms with Crippen molar-refractivity contribution in [2.24, 2.45) is 0 Å². The fourth-order valence-corrected chi connectivity index (χ4v) is 2.45. The van der Waals surface area contributed by atoms with Crippen molar-refractivity contribution in [3.05, 3.63) is 77.2 Å². The van der Waals surface area contributed by atoms with E-state index in [-0.39, 0.29) is 18.4 Å². The minimum absolute atomic E-state index is 0.123. The second-order valence-electron chi connectivity index (χ2n) is 5.44. The summed E-state index contributed by atoms with van der Waals surface area (Å²) >= 11 is 5.85. The van der Waals surface area contributed by atoms with Crippen molar-refractivity contribution in [2.45, 2.75) is 6.54 Å². The molecular formula is C18H16ClN5O2. The Bertz CT molecular complexity index is 911. The lowest BCUT2D eigenvalue weighted by atomic mass is 10.2. The molecule has 1 aromatic carbocycles. The number of hydrogen-bond donors (Lipinski definition) is 2. The van der Waals surface area contributed by atoms with E-state index in [4.69, 9.17) is 11.6 Å². The summed E-state index contributed by atoms with van der Waals surface area (Å²) in [7, 11) is 0. The minimum atomic E-state index is -0.354. The number of rotatable bonds is 6. The molecule has 0 saturated heterocycles. The van der Waals surface area contributed by atoms with Gasteiger partial charge >= 0.3 is 0 Å². The first-order valence-electron chi connectivity index (χ1n) is 7.87. The van der Waals surface area contributed by atoms with E-state index in [0.29, 0.717) is 22.9 Å². The zero-order chi connectivity index (χ0) is 18.4. The highest BCUT2D eigenvalue weighted by molar-refractivity contribution is 6.30. The van der Waals surface area contributed by atoms with Crippen LogP contribution in [-0.4, -0.2) is 33.1 Å². The Morgan fingerprint density at radius 1 is 1.08 bits per heavy atom. The van der Waals surface area contributed by atoms with Crippen molar-refractivity contribution in [3.8, 4) is 5.82 Å². The summed E-state index contributed by atoms with van der Waals surface area (Å²) in [6, 6.07) is 12.0. The first kappa shape index (κ1) is 17.6. The van der Waals surface area contributed by atoms with Gasteiger partial charge in [0.15, 0.2) is 5.82 Å². The molecule has 2 aromatic heterocycles.